The molecule has 0 aliphatic rings. The van der Waals surface area contributed by atoms with E-state index in [2.05, 4.69) is 6.92 Å². The number of hydrogen-bond donors (Lipinski definition) is 0. The van der Waals surface area contributed by atoms with E-state index in [4.69, 9.17) is 9.47 Å². The maximum atomic E-state index is 11.8. The largest absolute Gasteiger partial charge is 0.466 e. The molecular weight excluding hydrogens is 268 g/mol. The number of ether oxygens (including phenoxy) is 2. The Labute approximate surface area is 129 Å². The van der Waals surface area contributed by atoms with Gasteiger partial charge in [-0.25, -0.2) is 0 Å². The van der Waals surface area contributed by atoms with Crippen molar-refractivity contribution >= 4 is 11.9 Å². The van der Waals surface area contributed by atoms with E-state index >= 15 is 0 Å². The van der Waals surface area contributed by atoms with Gasteiger partial charge in [0, 0.05) is 6.42 Å². The van der Waals surface area contributed by atoms with Crippen molar-refractivity contribution in [3.05, 3.63) is 0 Å². The van der Waals surface area contributed by atoms with Crippen molar-refractivity contribution < 1.29 is 19.1 Å². The molecule has 0 saturated heterocycles. The normalized spacial score (nSPS) is 12.1. The molecule has 0 spiro atoms. The van der Waals surface area contributed by atoms with E-state index in [-0.39, 0.29) is 17.4 Å². The molecular formula is C17H32O4. The monoisotopic (exact) mass is 300 g/mol. The van der Waals surface area contributed by atoms with Crippen LogP contribution in [0.3, 0.4) is 0 Å². The van der Waals surface area contributed by atoms with Crippen LogP contribution in [0.15, 0.2) is 0 Å². The summed E-state index contributed by atoms with van der Waals surface area (Å²) < 4.78 is 10.5. The van der Waals surface area contributed by atoms with Gasteiger partial charge in [-0.15, -0.1) is 0 Å². The summed E-state index contributed by atoms with van der Waals surface area (Å²) in [5.41, 5.74) is -0.726. The Balaban J connectivity index is 4.01. The van der Waals surface area contributed by atoms with Crippen molar-refractivity contribution in [3.8, 4) is 0 Å². The van der Waals surface area contributed by atoms with Crippen LogP contribution in [-0.4, -0.2) is 24.1 Å². The van der Waals surface area contributed by atoms with Gasteiger partial charge in [-0.05, 0) is 39.0 Å². The van der Waals surface area contributed by atoms with Gasteiger partial charge in [0.15, 0.2) is 0 Å². The quantitative estimate of drug-likeness (QED) is 0.471. The van der Waals surface area contributed by atoms with Crippen molar-refractivity contribution in [3.63, 3.8) is 0 Å². The zero-order valence-electron chi connectivity index (χ0n) is 14.6. The number of unbranched alkanes of at least 4 members (excludes halogenated alkanes) is 2. The standard InChI is InChI=1S/C17H32O4/c1-7-8-9-12-20-14(18)10-11-17(5,6)13-15(19)21-16(2,3)4/h7-13H2,1-6H3. The molecule has 0 aliphatic heterocycles. The molecule has 4 nitrogen and oxygen atoms in total. The van der Waals surface area contributed by atoms with Crippen molar-refractivity contribution in [1.82, 2.24) is 0 Å². The van der Waals surface area contributed by atoms with Gasteiger partial charge < -0.3 is 9.47 Å². The lowest BCUT2D eigenvalue weighted by Gasteiger charge is -2.26. The van der Waals surface area contributed by atoms with Gasteiger partial charge in [0.2, 0.25) is 0 Å². The third-order valence-corrected chi connectivity index (χ3v) is 3.06. The zero-order valence-corrected chi connectivity index (χ0v) is 14.6. The summed E-state index contributed by atoms with van der Waals surface area (Å²) in [6.45, 7) is 12.1. The van der Waals surface area contributed by atoms with Crippen molar-refractivity contribution in [2.45, 2.75) is 85.7 Å². The van der Waals surface area contributed by atoms with Crippen LogP contribution in [0.4, 0.5) is 0 Å². The van der Waals surface area contributed by atoms with E-state index in [0.717, 1.165) is 19.3 Å². The highest BCUT2D eigenvalue weighted by Crippen LogP contribution is 2.28. The second-order valence-corrected chi connectivity index (χ2v) is 7.36. The number of hydrogen-bond acceptors (Lipinski definition) is 4. The second kappa shape index (κ2) is 9.06. The summed E-state index contributed by atoms with van der Waals surface area (Å²) in [4.78, 5) is 23.5. The molecule has 0 bridgehead atoms. The minimum absolute atomic E-state index is 0.177. The van der Waals surface area contributed by atoms with Crippen LogP contribution < -0.4 is 0 Å². The summed E-state index contributed by atoms with van der Waals surface area (Å²) in [6.07, 6.45) is 4.40. The average Bonchev–Trinajstić information content (AvgIpc) is 2.29. The maximum Gasteiger partial charge on any atom is 0.306 e. The number of carbonyl (C=O) groups is 2. The van der Waals surface area contributed by atoms with Crippen molar-refractivity contribution in [1.29, 1.82) is 0 Å². The summed E-state index contributed by atoms with van der Waals surface area (Å²) in [7, 11) is 0. The van der Waals surface area contributed by atoms with E-state index in [0.29, 0.717) is 25.9 Å². The van der Waals surface area contributed by atoms with E-state index < -0.39 is 5.60 Å². The number of carbonyl (C=O) groups excluding carboxylic acids is 2. The van der Waals surface area contributed by atoms with Gasteiger partial charge in [-0.1, -0.05) is 33.6 Å². The number of rotatable bonds is 9. The van der Waals surface area contributed by atoms with Crippen LogP contribution in [0.2, 0.25) is 0 Å². The van der Waals surface area contributed by atoms with Gasteiger partial charge >= 0.3 is 11.9 Å². The molecule has 0 aromatic rings. The first-order chi connectivity index (χ1) is 9.56. The molecule has 0 rings (SSSR count). The predicted molar refractivity (Wildman–Crippen MR) is 84.0 cm³/mol. The van der Waals surface area contributed by atoms with Gasteiger partial charge in [-0.3, -0.25) is 9.59 Å². The van der Waals surface area contributed by atoms with Crippen LogP contribution in [0.25, 0.3) is 0 Å². The minimum atomic E-state index is -0.467. The molecule has 0 aromatic heterocycles. The molecule has 0 amide bonds. The van der Waals surface area contributed by atoms with E-state index in [1.807, 2.05) is 34.6 Å². The maximum absolute atomic E-state index is 11.8. The van der Waals surface area contributed by atoms with Crippen LogP contribution in [-0.2, 0) is 19.1 Å². The molecule has 0 unspecified atom stereocenters. The van der Waals surface area contributed by atoms with Gasteiger partial charge in [0.1, 0.15) is 5.60 Å². The Bertz CT molecular complexity index is 326. The van der Waals surface area contributed by atoms with Crippen LogP contribution >= 0.6 is 0 Å². The summed E-state index contributed by atoms with van der Waals surface area (Å²) in [5, 5.41) is 0. The Morgan fingerprint density at radius 1 is 0.952 bits per heavy atom. The molecule has 0 aromatic carbocycles. The van der Waals surface area contributed by atoms with Crippen LogP contribution in [0, 0.1) is 5.41 Å². The highest BCUT2D eigenvalue weighted by molar-refractivity contribution is 5.71. The fraction of sp³-hybridized carbons (Fsp3) is 0.882. The molecule has 124 valence electrons. The first-order valence-corrected chi connectivity index (χ1v) is 7.93. The van der Waals surface area contributed by atoms with Crippen molar-refractivity contribution in [2.24, 2.45) is 5.41 Å². The summed E-state index contributed by atoms with van der Waals surface area (Å²) in [6, 6.07) is 0. The summed E-state index contributed by atoms with van der Waals surface area (Å²) >= 11 is 0. The lowest BCUT2D eigenvalue weighted by atomic mass is 9.84. The average molecular weight is 300 g/mol. The lowest BCUT2D eigenvalue weighted by molar-refractivity contribution is -0.158. The highest BCUT2D eigenvalue weighted by atomic mass is 16.6. The molecule has 0 heterocycles. The van der Waals surface area contributed by atoms with Gasteiger partial charge in [0.25, 0.3) is 0 Å². The topological polar surface area (TPSA) is 52.6 Å². The Hall–Kier alpha value is -1.06. The molecule has 0 fully saturated rings. The third-order valence-electron chi connectivity index (χ3n) is 3.06. The molecule has 21 heavy (non-hydrogen) atoms. The Kier molecular flexibility index (Phi) is 8.60. The molecule has 0 atom stereocenters. The second-order valence-electron chi connectivity index (χ2n) is 7.36. The number of esters is 2. The third kappa shape index (κ3) is 12.4. The van der Waals surface area contributed by atoms with E-state index in [1.54, 1.807) is 0 Å². The Morgan fingerprint density at radius 2 is 1.57 bits per heavy atom. The van der Waals surface area contributed by atoms with Crippen LogP contribution in [0.1, 0.15) is 80.1 Å². The molecule has 4 heteroatoms. The first-order valence-electron chi connectivity index (χ1n) is 7.93. The SMILES string of the molecule is CCCCCOC(=O)CCC(C)(C)CC(=O)OC(C)(C)C. The fourth-order valence-corrected chi connectivity index (χ4v) is 1.91. The predicted octanol–water partition coefficient (Wildman–Crippen LogP) is 4.26. The molecule has 0 N–H and O–H groups in total. The van der Waals surface area contributed by atoms with Crippen molar-refractivity contribution in [2.75, 3.05) is 6.61 Å². The lowest BCUT2D eigenvalue weighted by Crippen LogP contribution is -2.28. The molecule has 0 radical (unpaired) electrons. The van der Waals surface area contributed by atoms with Gasteiger partial charge in [0.05, 0.1) is 13.0 Å². The molecule has 0 aliphatic carbocycles. The Morgan fingerprint density at radius 3 is 2.10 bits per heavy atom. The van der Waals surface area contributed by atoms with Gasteiger partial charge in [-0.2, -0.15) is 0 Å². The van der Waals surface area contributed by atoms with E-state index in [1.165, 1.54) is 0 Å². The van der Waals surface area contributed by atoms with Crippen LogP contribution in [0.5, 0.6) is 0 Å². The summed E-state index contributed by atoms with van der Waals surface area (Å²) in [5.74, 6) is -0.396. The minimum Gasteiger partial charge on any atom is -0.466 e. The highest BCUT2D eigenvalue weighted by Gasteiger charge is 2.26. The molecule has 0 saturated carbocycles. The smallest absolute Gasteiger partial charge is 0.306 e. The first kappa shape index (κ1) is 19.9. The zero-order chi connectivity index (χ0) is 16.5. The fourth-order valence-electron chi connectivity index (χ4n) is 1.91. The van der Waals surface area contributed by atoms with E-state index in [9.17, 15) is 9.59 Å².